The molecule has 0 radical (unpaired) electrons. The lowest BCUT2D eigenvalue weighted by atomic mass is 10.3. The van der Waals surface area contributed by atoms with Gasteiger partial charge in [-0.05, 0) is 12.1 Å². The molecule has 4 heteroatoms. The molecule has 3 nitrogen and oxygen atoms in total. The second-order valence-electron chi connectivity index (χ2n) is 4.15. The van der Waals surface area contributed by atoms with Crippen LogP contribution in [0.15, 0.2) is 42.2 Å². The third-order valence-corrected chi connectivity index (χ3v) is 2.44. The molecule has 0 aliphatic heterocycles. The highest BCUT2D eigenvalue weighted by Crippen LogP contribution is 2.08. The molecule has 0 unspecified atom stereocenters. The van der Waals surface area contributed by atoms with Crippen molar-refractivity contribution in [3.05, 3.63) is 42.2 Å². The fraction of sp³-hybridized carbons (Fsp3) is 0.308. The number of nitrogens with zero attached hydrogens (tertiary/aromatic N) is 2. The highest BCUT2D eigenvalue weighted by atomic mass is 32.1. The van der Waals surface area contributed by atoms with Gasteiger partial charge in [0.25, 0.3) is 0 Å². The molecule has 92 valence electrons. The largest absolute Gasteiger partial charge is 0.364 e. The lowest BCUT2D eigenvalue weighted by Crippen LogP contribution is -2.26. The number of para-hydroxylation sites is 1. The first-order valence-corrected chi connectivity index (χ1v) is 5.84. The molecule has 0 fully saturated rings. The second kappa shape index (κ2) is 6.25. The van der Waals surface area contributed by atoms with Crippen LogP contribution < -0.4 is 5.32 Å². The van der Waals surface area contributed by atoms with E-state index in [0.717, 1.165) is 11.5 Å². The van der Waals surface area contributed by atoms with E-state index in [-0.39, 0.29) is 0 Å². The Labute approximate surface area is 109 Å². The van der Waals surface area contributed by atoms with Crippen molar-refractivity contribution in [2.45, 2.75) is 0 Å². The molecule has 1 rings (SSSR count). The summed E-state index contributed by atoms with van der Waals surface area (Å²) in [5.41, 5.74) is 1.01. The van der Waals surface area contributed by atoms with Crippen molar-refractivity contribution in [3.8, 4) is 0 Å². The van der Waals surface area contributed by atoms with E-state index in [9.17, 15) is 0 Å². The van der Waals surface area contributed by atoms with Gasteiger partial charge in [0.15, 0.2) is 0 Å². The molecular weight excluding hydrogens is 230 g/mol. The summed E-state index contributed by atoms with van der Waals surface area (Å²) in [4.78, 5) is 4.76. The normalized spacial score (nSPS) is 9.41. The van der Waals surface area contributed by atoms with E-state index in [2.05, 4.69) is 5.32 Å². The first-order valence-electron chi connectivity index (χ1n) is 5.43. The Balaban J connectivity index is 2.74. The predicted molar refractivity (Wildman–Crippen MR) is 78.1 cm³/mol. The van der Waals surface area contributed by atoms with E-state index in [1.165, 1.54) is 0 Å². The van der Waals surface area contributed by atoms with Gasteiger partial charge < -0.3 is 15.1 Å². The molecule has 1 aromatic rings. The van der Waals surface area contributed by atoms with Gasteiger partial charge in [-0.15, -0.1) is 0 Å². The molecule has 0 heterocycles. The van der Waals surface area contributed by atoms with Gasteiger partial charge in [0.05, 0.1) is 0 Å². The number of benzene rings is 1. The first kappa shape index (κ1) is 13.5. The van der Waals surface area contributed by atoms with Crippen LogP contribution in [0.1, 0.15) is 0 Å². The SMILES string of the molecule is CN(C)C(=CC(=S)Nc1ccccc1)N(C)C. The molecule has 0 saturated heterocycles. The van der Waals surface area contributed by atoms with E-state index >= 15 is 0 Å². The zero-order chi connectivity index (χ0) is 12.8. The predicted octanol–water partition coefficient (Wildman–Crippen LogP) is 2.39. The second-order valence-corrected chi connectivity index (χ2v) is 4.59. The quantitative estimate of drug-likeness (QED) is 0.652. The van der Waals surface area contributed by atoms with Gasteiger partial charge in [-0.1, -0.05) is 30.4 Å². The number of hydrogen-bond acceptors (Lipinski definition) is 3. The third kappa shape index (κ3) is 4.44. The molecule has 0 bridgehead atoms. The molecule has 1 aromatic carbocycles. The Morgan fingerprint density at radius 2 is 1.59 bits per heavy atom. The lowest BCUT2D eigenvalue weighted by Gasteiger charge is -2.24. The van der Waals surface area contributed by atoms with Crippen molar-refractivity contribution in [2.75, 3.05) is 33.5 Å². The molecule has 0 aliphatic carbocycles. The zero-order valence-electron chi connectivity index (χ0n) is 10.8. The fourth-order valence-corrected chi connectivity index (χ4v) is 1.70. The van der Waals surface area contributed by atoms with Gasteiger partial charge in [-0.3, -0.25) is 0 Å². The number of anilines is 1. The molecule has 0 atom stereocenters. The summed E-state index contributed by atoms with van der Waals surface area (Å²) in [6.45, 7) is 0. The van der Waals surface area contributed by atoms with Crippen LogP contribution in [0.4, 0.5) is 5.69 Å². The van der Waals surface area contributed by atoms with Gasteiger partial charge >= 0.3 is 0 Å². The summed E-state index contributed by atoms with van der Waals surface area (Å²) in [5, 5.41) is 3.18. The number of thiocarbonyl (C=S) groups is 1. The van der Waals surface area contributed by atoms with Crippen LogP contribution in [0, 0.1) is 0 Å². The van der Waals surface area contributed by atoms with Crippen molar-refractivity contribution in [1.29, 1.82) is 0 Å². The Hall–Kier alpha value is -1.55. The molecule has 0 spiro atoms. The Morgan fingerprint density at radius 1 is 1.06 bits per heavy atom. The molecule has 1 N–H and O–H groups in total. The average Bonchev–Trinajstić information content (AvgIpc) is 2.26. The van der Waals surface area contributed by atoms with E-state index in [4.69, 9.17) is 12.2 Å². The Bertz CT molecular complexity index is 386. The van der Waals surface area contributed by atoms with Crippen LogP contribution in [0.2, 0.25) is 0 Å². The maximum atomic E-state index is 5.31. The first-order chi connectivity index (χ1) is 8.00. The van der Waals surface area contributed by atoms with E-state index in [1.54, 1.807) is 0 Å². The monoisotopic (exact) mass is 249 g/mol. The topological polar surface area (TPSA) is 18.5 Å². The van der Waals surface area contributed by atoms with Gasteiger partial charge in [-0.2, -0.15) is 0 Å². The van der Waals surface area contributed by atoms with Crippen molar-refractivity contribution in [1.82, 2.24) is 9.80 Å². The maximum Gasteiger partial charge on any atom is 0.107 e. The Kier molecular flexibility index (Phi) is 4.97. The minimum atomic E-state index is 0.702. The summed E-state index contributed by atoms with van der Waals surface area (Å²) in [6, 6.07) is 9.92. The highest BCUT2D eigenvalue weighted by molar-refractivity contribution is 7.81. The molecule has 0 saturated carbocycles. The Morgan fingerprint density at radius 3 is 2.06 bits per heavy atom. The van der Waals surface area contributed by atoms with Gasteiger partial charge in [0.1, 0.15) is 10.8 Å². The molecule has 17 heavy (non-hydrogen) atoms. The number of hydrogen-bond donors (Lipinski definition) is 1. The van der Waals surface area contributed by atoms with Crippen LogP contribution in [0.3, 0.4) is 0 Å². The van der Waals surface area contributed by atoms with E-state index < -0.39 is 0 Å². The van der Waals surface area contributed by atoms with Crippen LogP contribution in [-0.4, -0.2) is 43.0 Å². The summed E-state index contributed by atoms with van der Waals surface area (Å²) >= 11 is 5.31. The van der Waals surface area contributed by atoms with Crippen molar-refractivity contribution < 1.29 is 0 Å². The van der Waals surface area contributed by atoms with E-state index in [0.29, 0.717) is 4.99 Å². The van der Waals surface area contributed by atoms with Gasteiger partial charge in [-0.25, -0.2) is 0 Å². The maximum absolute atomic E-state index is 5.31. The van der Waals surface area contributed by atoms with Crippen LogP contribution in [-0.2, 0) is 0 Å². The van der Waals surface area contributed by atoms with Gasteiger partial charge in [0.2, 0.25) is 0 Å². The molecule has 0 aliphatic rings. The summed E-state index contributed by atoms with van der Waals surface area (Å²) in [5.74, 6) is 1.05. The smallest absolute Gasteiger partial charge is 0.107 e. The average molecular weight is 249 g/mol. The number of nitrogens with one attached hydrogen (secondary N) is 1. The zero-order valence-corrected chi connectivity index (χ0v) is 11.6. The minimum Gasteiger partial charge on any atom is -0.364 e. The summed E-state index contributed by atoms with van der Waals surface area (Å²) < 4.78 is 0. The van der Waals surface area contributed by atoms with Crippen molar-refractivity contribution in [3.63, 3.8) is 0 Å². The summed E-state index contributed by atoms with van der Waals surface area (Å²) in [7, 11) is 7.99. The van der Waals surface area contributed by atoms with Crippen LogP contribution >= 0.6 is 12.2 Å². The highest BCUT2D eigenvalue weighted by Gasteiger charge is 2.03. The molecule has 0 aromatic heterocycles. The van der Waals surface area contributed by atoms with Crippen molar-refractivity contribution >= 4 is 22.9 Å². The number of rotatable bonds is 4. The molecule has 0 amide bonds. The van der Waals surface area contributed by atoms with Crippen molar-refractivity contribution in [2.24, 2.45) is 0 Å². The molecular formula is C13H19N3S. The van der Waals surface area contributed by atoms with Gasteiger partial charge in [0, 0.05) is 40.0 Å². The summed E-state index contributed by atoms with van der Waals surface area (Å²) in [6.07, 6.45) is 1.95. The van der Waals surface area contributed by atoms with Crippen LogP contribution in [0.25, 0.3) is 0 Å². The minimum absolute atomic E-state index is 0.702. The standard InChI is InChI=1S/C13H19N3S/c1-15(2)13(16(3)4)10-12(17)14-11-8-6-5-7-9-11/h5-10H,1-4H3,(H,14,17). The third-order valence-electron chi connectivity index (χ3n) is 2.22. The lowest BCUT2D eigenvalue weighted by molar-refractivity contribution is 0.344. The van der Waals surface area contributed by atoms with Crippen LogP contribution in [0.5, 0.6) is 0 Å². The fourth-order valence-electron chi connectivity index (χ4n) is 1.48. The van der Waals surface area contributed by atoms with E-state index in [1.807, 2.05) is 74.4 Å².